The molecule has 3 rings (SSSR count). The zero-order valence-corrected chi connectivity index (χ0v) is 11.4. The molecule has 0 spiro atoms. The van der Waals surface area contributed by atoms with E-state index < -0.39 is 0 Å². The van der Waals surface area contributed by atoms with E-state index in [4.69, 9.17) is 0 Å². The van der Waals surface area contributed by atoms with Crippen molar-refractivity contribution in [2.24, 2.45) is 0 Å². The number of hydrogen-bond acceptors (Lipinski definition) is 3. The van der Waals surface area contributed by atoms with Crippen molar-refractivity contribution in [1.29, 1.82) is 0 Å². The summed E-state index contributed by atoms with van der Waals surface area (Å²) in [6.45, 7) is 6.20. The largest absolute Gasteiger partial charge is 0.313 e. The summed E-state index contributed by atoms with van der Waals surface area (Å²) < 4.78 is 0. The van der Waals surface area contributed by atoms with Crippen molar-refractivity contribution in [2.45, 2.75) is 63.2 Å². The summed E-state index contributed by atoms with van der Waals surface area (Å²) in [5.41, 5.74) is 0. The molecule has 3 nitrogen and oxygen atoms in total. The molecule has 0 amide bonds. The number of likely N-dealkylation sites (tertiary alicyclic amines) is 1. The van der Waals surface area contributed by atoms with Crippen LogP contribution in [0.3, 0.4) is 0 Å². The van der Waals surface area contributed by atoms with Crippen LogP contribution in [0.25, 0.3) is 0 Å². The van der Waals surface area contributed by atoms with Crippen molar-refractivity contribution < 1.29 is 0 Å². The van der Waals surface area contributed by atoms with Gasteiger partial charge in [0.25, 0.3) is 0 Å². The fraction of sp³-hybridized carbons (Fsp3) is 1.00. The SMILES string of the molecule is CC1CC(N(CC2CCCN2)C2CC2)CN1C. The van der Waals surface area contributed by atoms with Gasteiger partial charge in [0.15, 0.2) is 0 Å². The zero-order valence-electron chi connectivity index (χ0n) is 11.4. The van der Waals surface area contributed by atoms with Crippen molar-refractivity contribution in [3.05, 3.63) is 0 Å². The lowest BCUT2D eigenvalue weighted by atomic mass is 10.1. The minimum Gasteiger partial charge on any atom is -0.313 e. The number of hydrogen-bond donors (Lipinski definition) is 1. The van der Waals surface area contributed by atoms with Crippen molar-refractivity contribution in [2.75, 3.05) is 26.7 Å². The molecule has 0 aromatic heterocycles. The Morgan fingerprint density at radius 1 is 1.24 bits per heavy atom. The summed E-state index contributed by atoms with van der Waals surface area (Å²) in [4.78, 5) is 5.37. The molecule has 1 aliphatic carbocycles. The fourth-order valence-electron chi connectivity index (χ4n) is 3.57. The van der Waals surface area contributed by atoms with Crippen LogP contribution in [0.1, 0.15) is 39.0 Å². The van der Waals surface area contributed by atoms with Crippen LogP contribution >= 0.6 is 0 Å². The summed E-state index contributed by atoms with van der Waals surface area (Å²) in [6, 6.07) is 3.29. The minimum atomic E-state index is 0.775. The average molecular weight is 237 g/mol. The molecule has 2 heterocycles. The van der Waals surface area contributed by atoms with E-state index in [2.05, 4.69) is 29.1 Å². The van der Waals surface area contributed by atoms with Crippen molar-refractivity contribution >= 4 is 0 Å². The summed E-state index contributed by atoms with van der Waals surface area (Å²) >= 11 is 0. The minimum absolute atomic E-state index is 0.775. The molecular formula is C14H27N3. The molecular weight excluding hydrogens is 210 g/mol. The maximum atomic E-state index is 3.66. The highest BCUT2D eigenvalue weighted by molar-refractivity contribution is 4.96. The Bertz CT molecular complexity index is 248. The lowest BCUT2D eigenvalue weighted by Gasteiger charge is -2.31. The number of rotatable bonds is 4. The Hall–Kier alpha value is -0.120. The molecule has 1 N–H and O–H groups in total. The topological polar surface area (TPSA) is 18.5 Å². The van der Waals surface area contributed by atoms with Crippen LogP contribution in [0.15, 0.2) is 0 Å². The van der Waals surface area contributed by atoms with Gasteiger partial charge >= 0.3 is 0 Å². The van der Waals surface area contributed by atoms with Crippen LogP contribution in [0, 0.1) is 0 Å². The van der Waals surface area contributed by atoms with Crippen LogP contribution in [-0.4, -0.2) is 60.6 Å². The molecule has 3 fully saturated rings. The van der Waals surface area contributed by atoms with Gasteiger partial charge in [-0.05, 0) is 52.6 Å². The molecule has 2 saturated heterocycles. The van der Waals surface area contributed by atoms with Gasteiger partial charge in [0.1, 0.15) is 0 Å². The lowest BCUT2D eigenvalue weighted by molar-refractivity contribution is 0.172. The first-order chi connectivity index (χ1) is 8.24. The predicted octanol–water partition coefficient (Wildman–Crippen LogP) is 1.30. The zero-order chi connectivity index (χ0) is 11.8. The molecule has 0 bridgehead atoms. The van der Waals surface area contributed by atoms with E-state index in [1.54, 1.807) is 0 Å². The Kier molecular flexibility index (Phi) is 3.42. The summed E-state index contributed by atoms with van der Waals surface area (Å²) in [5, 5.41) is 3.66. The molecule has 17 heavy (non-hydrogen) atoms. The van der Waals surface area contributed by atoms with E-state index in [1.165, 1.54) is 51.7 Å². The van der Waals surface area contributed by atoms with Gasteiger partial charge < -0.3 is 10.2 Å². The van der Waals surface area contributed by atoms with Gasteiger partial charge in [-0.25, -0.2) is 0 Å². The first kappa shape index (κ1) is 11.9. The molecule has 3 heteroatoms. The average Bonchev–Trinajstić information content (AvgIpc) is 2.91. The van der Waals surface area contributed by atoms with Crippen molar-refractivity contribution in [3.8, 4) is 0 Å². The van der Waals surface area contributed by atoms with Gasteiger partial charge in [0.2, 0.25) is 0 Å². The standard InChI is InChI=1S/C14H27N3/c1-11-8-14(10-16(11)2)17(13-5-6-13)9-12-4-3-7-15-12/h11-15H,3-10H2,1-2H3. The monoisotopic (exact) mass is 237 g/mol. The summed E-state index contributed by atoms with van der Waals surface area (Å²) in [6.07, 6.45) is 7.04. The van der Waals surface area contributed by atoms with Crippen LogP contribution in [0.4, 0.5) is 0 Å². The third-order valence-electron chi connectivity index (χ3n) is 4.94. The first-order valence-corrected chi connectivity index (χ1v) is 7.43. The quantitative estimate of drug-likeness (QED) is 0.795. The maximum absolute atomic E-state index is 3.66. The van der Waals surface area contributed by atoms with Gasteiger partial charge in [-0.15, -0.1) is 0 Å². The van der Waals surface area contributed by atoms with Gasteiger partial charge in [-0.2, -0.15) is 0 Å². The Balaban J connectivity index is 1.59. The van der Waals surface area contributed by atoms with Crippen LogP contribution in [0.2, 0.25) is 0 Å². The number of nitrogens with zero attached hydrogens (tertiary/aromatic N) is 2. The number of likely N-dealkylation sites (N-methyl/N-ethyl adjacent to an activating group) is 1. The van der Waals surface area contributed by atoms with Gasteiger partial charge in [0, 0.05) is 37.3 Å². The summed E-state index contributed by atoms with van der Waals surface area (Å²) in [5.74, 6) is 0. The van der Waals surface area contributed by atoms with Crippen LogP contribution in [0.5, 0.6) is 0 Å². The Morgan fingerprint density at radius 2 is 2.06 bits per heavy atom. The maximum Gasteiger partial charge on any atom is 0.0241 e. The van der Waals surface area contributed by atoms with E-state index in [0.29, 0.717) is 0 Å². The molecule has 3 atom stereocenters. The van der Waals surface area contributed by atoms with E-state index >= 15 is 0 Å². The van der Waals surface area contributed by atoms with Gasteiger partial charge in [-0.1, -0.05) is 0 Å². The normalized spacial score (nSPS) is 39.4. The molecule has 98 valence electrons. The van der Waals surface area contributed by atoms with Gasteiger partial charge in [-0.3, -0.25) is 4.90 Å². The van der Waals surface area contributed by atoms with E-state index in [0.717, 1.165) is 24.2 Å². The summed E-state index contributed by atoms with van der Waals surface area (Å²) in [7, 11) is 2.28. The number of nitrogens with one attached hydrogen (secondary N) is 1. The van der Waals surface area contributed by atoms with Crippen molar-refractivity contribution in [3.63, 3.8) is 0 Å². The third-order valence-corrected chi connectivity index (χ3v) is 4.94. The second kappa shape index (κ2) is 4.87. The molecule has 2 aliphatic heterocycles. The molecule has 0 aromatic carbocycles. The van der Waals surface area contributed by atoms with E-state index in [9.17, 15) is 0 Å². The van der Waals surface area contributed by atoms with Gasteiger partial charge in [0.05, 0.1) is 0 Å². The second-order valence-corrected chi connectivity index (χ2v) is 6.40. The fourth-order valence-corrected chi connectivity index (χ4v) is 3.57. The second-order valence-electron chi connectivity index (χ2n) is 6.40. The highest BCUT2D eigenvalue weighted by Crippen LogP contribution is 2.33. The Labute approximate surface area is 106 Å². The van der Waals surface area contributed by atoms with E-state index in [-0.39, 0.29) is 0 Å². The van der Waals surface area contributed by atoms with E-state index in [1.807, 2.05) is 0 Å². The Morgan fingerprint density at radius 3 is 2.59 bits per heavy atom. The molecule has 3 unspecified atom stereocenters. The highest BCUT2D eigenvalue weighted by atomic mass is 15.3. The third kappa shape index (κ3) is 2.67. The lowest BCUT2D eigenvalue weighted by Crippen LogP contribution is -2.45. The smallest absolute Gasteiger partial charge is 0.0241 e. The van der Waals surface area contributed by atoms with Crippen LogP contribution in [-0.2, 0) is 0 Å². The van der Waals surface area contributed by atoms with Crippen LogP contribution < -0.4 is 5.32 Å². The highest BCUT2D eigenvalue weighted by Gasteiger charge is 2.39. The predicted molar refractivity (Wildman–Crippen MR) is 71.2 cm³/mol. The first-order valence-electron chi connectivity index (χ1n) is 7.43. The molecule has 0 aromatic rings. The molecule has 1 saturated carbocycles. The van der Waals surface area contributed by atoms with Crippen molar-refractivity contribution in [1.82, 2.24) is 15.1 Å². The molecule has 0 radical (unpaired) electrons. The molecule has 3 aliphatic rings.